The average molecular weight is 408 g/mol. The zero-order valence-corrected chi connectivity index (χ0v) is 17.4. The number of rotatable bonds is 6. The number of hydrogen-bond donors (Lipinski definition) is 2. The van der Waals surface area contributed by atoms with Crippen LogP contribution in [-0.4, -0.2) is 17.5 Å². The maximum Gasteiger partial charge on any atom is 0.234 e. The molecule has 0 saturated heterocycles. The van der Waals surface area contributed by atoms with Crippen LogP contribution in [0.5, 0.6) is 0 Å². The highest BCUT2D eigenvalue weighted by atomic mass is 35.5. The maximum atomic E-state index is 12.3. The van der Waals surface area contributed by atoms with Gasteiger partial charge in [0.15, 0.2) is 0 Å². The minimum Gasteiger partial charge on any atom is -0.335 e. The molecule has 7 heteroatoms. The van der Waals surface area contributed by atoms with Crippen molar-refractivity contribution in [3.8, 4) is 0 Å². The summed E-state index contributed by atoms with van der Waals surface area (Å²) in [5, 5.41) is 8.10. The summed E-state index contributed by atoms with van der Waals surface area (Å²) in [6.45, 7) is 6.18. The minimum absolute atomic E-state index is 0.0369. The van der Waals surface area contributed by atoms with Crippen LogP contribution in [0, 0.1) is 6.92 Å². The van der Waals surface area contributed by atoms with Gasteiger partial charge in [0.25, 0.3) is 0 Å². The summed E-state index contributed by atoms with van der Waals surface area (Å²) < 4.78 is 0. The molecule has 0 bridgehead atoms. The number of carbonyl (C=O) groups is 1. The molecule has 0 spiro atoms. The van der Waals surface area contributed by atoms with Gasteiger partial charge in [0.05, 0.1) is 5.75 Å². The fraction of sp³-hybridized carbons (Fsp3) is 0.368. The fourth-order valence-electron chi connectivity index (χ4n) is 2.62. The summed E-state index contributed by atoms with van der Waals surface area (Å²) in [7, 11) is 0. The second kappa shape index (κ2) is 8.46. The molecule has 0 fully saturated rings. The Balaban J connectivity index is 1.66. The molecule has 4 nitrogen and oxygen atoms in total. The fourth-order valence-corrected chi connectivity index (χ4v) is 4.87. The SMILES string of the molecule is CCC1=NC(SCC(=O)Nc2ccc(C)c(Cl)c2)c2cc(CC)sc2N1. The Kier molecular flexibility index (Phi) is 6.27. The van der Waals surface area contributed by atoms with E-state index in [-0.39, 0.29) is 11.3 Å². The van der Waals surface area contributed by atoms with Crippen molar-refractivity contribution in [2.24, 2.45) is 4.99 Å². The average Bonchev–Trinajstić information content (AvgIpc) is 3.06. The van der Waals surface area contributed by atoms with Gasteiger partial charge in [0.1, 0.15) is 16.2 Å². The van der Waals surface area contributed by atoms with Gasteiger partial charge in [-0.1, -0.05) is 31.5 Å². The lowest BCUT2D eigenvalue weighted by Gasteiger charge is -2.21. The zero-order chi connectivity index (χ0) is 18.7. The second-order valence-corrected chi connectivity index (χ2v) is 8.69. The van der Waals surface area contributed by atoms with Crippen LogP contribution in [0.15, 0.2) is 29.3 Å². The van der Waals surface area contributed by atoms with Crippen molar-refractivity contribution in [1.29, 1.82) is 0 Å². The number of thioether (sulfide) groups is 1. The lowest BCUT2D eigenvalue weighted by Crippen LogP contribution is -2.19. The lowest BCUT2D eigenvalue weighted by molar-refractivity contribution is -0.113. The molecule has 0 saturated carbocycles. The predicted octanol–water partition coefficient (Wildman–Crippen LogP) is 5.88. The van der Waals surface area contributed by atoms with Crippen molar-refractivity contribution in [1.82, 2.24) is 0 Å². The number of fused-ring (bicyclic) bond motifs is 1. The number of anilines is 2. The van der Waals surface area contributed by atoms with Gasteiger partial charge in [-0.25, -0.2) is 0 Å². The highest BCUT2D eigenvalue weighted by Gasteiger charge is 2.24. The number of nitrogens with zero attached hydrogens (tertiary/aromatic N) is 1. The topological polar surface area (TPSA) is 53.5 Å². The third-order valence-corrected chi connectivity index (χ3v) is 6.84. The van der Waals surface area contributed by atoms with Gasteiger partial charge in [-0.2, -0.15) is 0 Å². The molecule has 1 amide bonds. The van der Waals surface area contributed by atoms with E-state index >= 15 is 0 Å². The maximum absolute atomic E-state index is 12.3. The van der Waals surface area contributed by atoms with Crippen LogP contribution >= 0.6 is 34.7 Å². The first-order valence-electron chi connectivity index (χ1n) is 8.64. The van der Waals surface area contributed by atoms with Gasteiger partial charge < -0.3 is 10.6 Å². The summed E-state index contributed by atoms with van der Waals surface area (Å²) in [6, 6.07) is 7.76. The van der Waals surface area contributed by atoms with Crippen LogP contribution in [0.1, 0.15) is 41.6 Å². The Hall–Kier alpha value is -1.50. The Morgan fingerprint density at radius 3 is 2.85 bits per heavy atom. The molecule has 2 aromatic rings. The summed E-state index contributed by atoms with van der Waals surface area (Å²) >= 11 is 9.45. The molecule has 2 heterocycles. The molecule has 138 valence electrons. The molecule has 3 rings (SSSR count). The molecule has 1 aromatic heterocycles. The Morgan fingerprint density at radius 2 is 2.15 bits per heavy atom. The number of carbonyl (C=O) groups excluding carboxylic acids is 1. The molecule has 1 aliphatic heterocycles. The molecule has 26 heavy (non-hydrogen) atoms. The summed E-state index contributed by atoms with van der Waals surface area (Å²) in [4.78, 5) is 18.4. The van der Waals surface area contributed by atoms with Crippen LogP contribution in [0.25, 0.3) is 0 Å². The number of amides is 1. The first-order valence-corrected chi connectivity index (χ1v) is 10.9. The monoisotopic (exact) mass is 407 g/mol. The van der Waals surface area contributed by atoms with E-state index in [1.165, 1.54) is 10.4 Å². The van der Waals surface area contributed by atoms with Crippen molar-refractivity contribution in [2.75, 3.05) is 16.4 Å². The van der Waals surface area contributed by atoms with E-state index in [0.29, 0.717) is 10.8 Å². The minimum atomic E-state index is -0.0470. The summed E-state index contributed by atoms with van der Waals surface area (Å²) in [6.07, 6.45) is 1.86. The first-order chi connectivity index (χ1) is 12.5. The Labute approximate surface area is 167 Å². The van der Waals surface area contributed by atoms with E-state index in [1.54, 1.807) is 29.2 Å². The van der Waals surface area contributed by atoms with Gasteiger partial charge in [-0.3, -0.25) is 9.79 Å². The third kappa shape index (κ3) is 4.42. The standard InChI is InChI=1S/C19H22ClN3OS2/c1-4-13-9-14-18(22-16(5-2)23-19(14)26-13)25-10-17(24)21-12-7-6-11(3)15(20)8-12/h6-9,18H,4-5,10H2,1-3H3,(H,21,24)(H,22,23). The van der Waals surface area contributed by atoms with Crippen molar-refractivity contribution in [3.63, 3.8) is 0 Å². The molecule has 0 aliphatic carbocycles. The Morgan fingerprint density at radius 1 is 1.35 bits per heavy atom. The summed E-state index contributed by atoms with van der Waals surface area (Å²) in [5.74, 6) is 1.27. The van der Waals surface area contributed by atoms with Gasteiger partial charge in [0, 0.05) is 27.6 Å². The number of aryl methyl sites for hydroxylation is 2. The molecule has 1 atom stereocenters. The van der Waals surface area contributed by atoms with Crippen LogP contribution in [0.2, 0.25) is 5.02 Å². The van der Waals surface area contributed by atoms with E-state index in [0.717, 1.165) is 34.9 Å². The van der Waals surface area contributed by atoms with Crippen LogP contribution < -0.4 is 10.6 Å². The smallest absolute Gasteiger partial charge is 0.234 e. The number of thiophene rings is 1. The first kappa shape index (κ1) is 19.3. The number of nitrogens with one attached hydrogen (secondary N) is 2. The molecule has 1 aliphatic rings. The number of amidine groups is 1. The van der Waals surface area contributed by atoms with Crippen molar-refractivity contribution in [2.45, 2.75) is 39.0 Å². The number of benzene rings is 1. The number of hydrogen-bond acceptors (Lipinski definition) is 5. The highest BCUT2D eigenvalue weighted by Crippen LogP contribution is 2.43. The number of aliphatic imine (C=N–C) groups is 1. The predicted molar refractivity (Wildman–Crippen MR) is 115 cm³/mol. The quantitative estimate of drug-likeness (QED) is 0.628. The summed E-state index contributed by atoms with van der Waals surface area (Å²) in [5.41, 5.74) is 2.89. The van der Waals surface area contributed by atoms with Gasteiger partial charge in [-0.05, 0) is 37.1 Å². The lowest BCUT2D eigenvalue weighted by atomic mass is 10.2. The van der Waals surface area contributed by atoms with Crippen LogP contribution in [-0.2, 0) is 11.2 Å². The van der Waals surface area contributed by atoms with Crippen LogP contribution in [0.3, 0.4) is 0 Å². The highest BCUT2D eigenvalue weighted by molar-refractivity contribution is 8.00. The second-order valence-electron chi connectivity index (χ2n) is 6.08. The van der Waals surface area contributed by atoms with E-state index in [9.17, 15) is 4.79 Å². The molecular weight excluding hydrogens is 386 g/mol. The normalized spacial score (nSPS) is 15.8. The van der Waals surface area contributed by atoms with Crippen LogP contribution in [0.4, 0.5) is 10.7 Å². The molecule has 2 N–H and O–H groups in total. The third-order valence-electron chi connectivity index (χ3n) is 4.12. The number of halogens is 1. The molecule has 1 unspecified atom stereocenters. The van der Waals surface area contributed by atoms with Gasteiger partial charge in [-0.15, -0.1) is 23.1 Å². The van der Waals surface area contributed by atoms with E-state index < -0.39 is 0 Å². The molecular formula is C19H22ClN3OS2. The molecule has 0 radical (unpaired) electrons. The van der Waals surface area contributed by atoms with E-state index in [4.69, 9.17) is 16.6 Å². The van der Waals surface area contributed by atoms with Crippen molar-refractivity contribution < 1.29 is 4.79 Å². The van der Waals surface area contributed by atoms with Gasteiger partial charge in [0.2, 0.25) is 5.91 Å². The van der Waals surface area contributed by atoms with E-state index in [1.807, 2.05) is 19.1 Å². The molecule has 1 aromatic carbocycles. The van der Waals surface area contributed by atoms with E-state index in [2.05, 4.69) is 30.5 Å². The van der Waals surface area contributed by atoms with Crippen molar-refractivity contribution >= 4 is 57.1 Å². The zero-order valence-electron chi connectivity index (χ0n) is 15.1. The largest absolute Gasteiger partial charge is 0.335 e. The van der Waals surface area contributed by atoms with Gasteiger partial charge >= 0.3 is 0 Å². The Bertz CT molecular complexity index is 847. The van der Waals surface area contributed by atoms with Crippen molar-refractivity contribution in [3.05, 3.63) is 45.3 Å².